The van der Waals surface area contributed by atoms with Gasteiger partial charge in [0, 0.05) is 6.61 Å². The summed E-state index contributed by atoms with van der Waals surface area (Å²) in [6.07, 6.45) is 0. The zero-order valence-electron chi connectivity index (χ0n) is 10.9. The van der Waals surface area contributed by atoms with Crippen molar-refractivity contribution in [1.29, 1.82) is 0 Å². The van der Waals surface area contributed by atoms with E-state index in [0.29, 0.717) is 24.7 Å². The molecule has 0 aliphatic heterocycles. The van der Waals surface area contributed by atoms with Gasteiger partial charge in [-0.05, 0) is 26.0 Å². The van der Waals surface area contributed by atoms with Gasteiger partial charge in [-0.2, -0.15) is 0 Å². The number of sulfone groups is 1. The van der Waals surface area contributed by atoms with Gasteiger partial charge >= 0.3 is 0 Å². The van der Waals surface area contributed by atoms with Crippen LogP contribution >= 0.6 is 0 Å². The lowest BCUT2D eigenvalue weighted by atomic mass is 10.2. The molecule has 0 unspecified atom stereocenters. The number of aryl methyl sites for hydroxylation is 1. The predicted octanol–water partition coefficient (Wildman–Crippen LogP) is 1.82. The first-order chi connectivity index (χ1) is 8.56. The van der Waals surface area contributed by atoms with Crippen LogP contribution in [0.4, 0.5) is 0 Å². The van der Waals surface area contributed by atoms with Gasteiger partial charge in [0.2, 0.25) is 0 Å². The Morgan fingerprint density at radius 3 is 2.22 bits per heavy atom. The zero-order valence-corrected chi connectivity index (χ0v) is 11.7. The minimum absolute atomic E-state index is 0.00217. The lowest BCUT2D eigenvalue weighted by molar-refractivity contribution is 0.0590. The van der Waals surface area contributed by atoms with Gasteiger partial charge in [0.15, 0.2) is 9.84 Å². The molecule has 0 aromatic heterocycles. The van der Waals surface area contributed by atoms with E-state index in [-0.39, 0.29) is 12.4 Å². The first kappa shape index (κ1) is 15.1. The third-order valence-electron chi connectivity index (χ3n) is 2.45. The molecule has 0 saturated carbocycles. The van der Waals surface area contributed by atoms with Crippen LogP contribution in [0.5, 0.6) is 0 Å². The lowest BCUT2D eigenvalue weighted by Gasteiger charge is -2.06. The molecule has 0 heterocycles. The summed E-state index contributed by atoms with van der Waals surface area (Å²) in [6, 6.07) is 6.85. The zero-order chi connectivity index (χ0) is 13.4. The Morgan fingerprint density at radius 2 is 1.61 bits per heavy atom. The van der Waals surface area contributed by atoms with Crippen LogP contribution in [0.2, 0.25) is 0 Å². The summed E-state index contributed by atoms with van der Waals surface area (Å²) in [6.45, 7) is 5.60. The number of ether oxygens (including phenoxy) is 2. The molecule has 0 saturated heterocycles. The maximum Gasteiger partial charge on any atom is 0.180 e. The SMILES string of the molecule is CCOCCOCCS(=O)(=O)c1ccc(C)cc1. The van der Waals surface area contributed by atoms with Crippen molar-refractivity contribution in [3.63, 3.8) is 0 Å². The topological polar surface area (TPSA) is 52.6 Å². The molecule has 1 rings (SSSR count). The van der Waals surface area contributed by atoms with Crippen LogP contribution in [0.25, 0.3) is 0 Å². The van der Waals surface area contributed by atoms with Crippen molar-refractivity contribution in [3.05, 3.63) is 29.8 Å². The number of benzene rings is 1. The van der Waals surface area contributed by atoms with Gasteiger partial charge in [-0.25, -0.2) is 8.42 Å². The second-order valence-corrected chi connectivity index (χ2v) is 6.05. The largest absolute Gasteiger partial charge is 0.379 e. The second kappa shape index (κ2) is 7.51. The van der Waals surface area contributed by atoms with Crippen LogP contribution in [0.15, 0.2) is 29.2 Å². The Morgan fingerprint density at radius 1 is 1.00 bits per heavy atom. The third kappa shape index (κ3) is 5.16. The molecule has 0 aliphatic rings. The molecule has 0 N–H and O–H groups in total. The quantitative estimate of drug-likeness (QED) is 0.677. The summed E-state index contributed by atoms with van der Waals surface area (Å²) < 4.78 is 34.1. The van der Waals surface area contributed by atoms with Crippen LogP contribution in [0.3, 0.4) is 0 Å². The van der Waals surface area contributed by atoms with E-state index in [1.165, 1.54) is 0 Å². The number of hydrogen-bond donors (Lipinski definition) is 0. The van der Waals surface area contributed by atoms with Crippen molar-refractivity contribution in [1.82, 2.24) is 0 Å². The minimum Gasteiger partial charge on any atom is -0.379 e. The van der Waals surface area contributed by atoms with Gasteiger partial charge in [-0.1, -0.05) is 17.7 Å². The summed E-state index contributed by atoms with van der Waals surface area (Å²) in [7, 11) is -3.24. The van der Waals surface area contributed by atoms with Crippen molar-refractivity contribution in [2.75, 3.05) is 32.2 Å². The maximum absolute atomic E-state index is 11.9. The Bertz CT molecular complexity index is 437. The highest BCUT2D eigenvalue weighted by Gasteiger charge is 2.13. The fourth-order valence-corrected chi connectivity index (χ4v) is 2.52. The summed E-state index contributed by atoms with van der Waals surface area (Å²) >= 11 is 0. The average Bonchev–Trinajstić information content (AvgIpc) is 2.34. The first-order valence-corrected chi connectivity index (χ1v) is 7.66. The normalized spacial score (nSPS) is 11.7. The minimum atomic E-state index is -3.24. The molecule has 0 bridgehead atoms. The molecule has 5 heteroatoms. The summed E-state index contributed by atoms with van der Waals surface area (Å²) in [5, 5.41) is 0. The van der Waals surface area contributed by atoms with Crippen LogP contribution in [-0.2, 0) is 19.3 Å². The summed E-state index contributed by atoms with van der Waals surface area (Å²) in [5.41, 5.74) is 1.04. The molecule has 0 atom stereocenters. The van der Waals surface area contributed by atoms with Gasteiger partial charge in [-0.3, -0.25) is 0 Å². The smallest absolute Gasteiger partial charge is 0.180 e. The predicted molar refractivity (Wildman–Crippen MR) is 70.5 cm³/mol. The van der Waals surface area contributed by atoms with E-state index < -0.39 is 9.84 Å². The van der Waals surface area contributed by atoms with Crippen molar-refractivity contribution >= 4 is 9.84 Å². The van der Waals surface area contributed by atoms with Crippen LogP contribution < -0.4 is 0 Å². The molecule has 1 aromatic carbocycles. The Labute approximate surface area is 109 Å². The van der Waals surface area contributed by atoms with Crippen LogP contribution in [0, 0.1) is 6.92 Å². The standard InChI is InChI=1S/C13H20O4S/c1-3-16-8-9-17-10-11-18(14,15)13-6-4-12(2)5-7-13/h4-7H,3,8-11H2,1-2H3. The number of rotatable bonds is 8. The summed E-state index contributed by atoms with van der Waals surface area (Å²) in [5.74, 6) is 0.00217. The highest BCUT2D eigenvalue weighted by molar-refractivity contribution is 7.91. The lowest BCUT2D eigenvalue weighted by Crippen LogP contribution is -2.14. The van der Waals surface area contributed by atoms with Gasteiger partial charge in [-0.15, -0.1) is 0 Å². The van der Waals surface area contributed by atoms with Gasteiger partial charge in [0.1, 0.15) is 0 Å². The molecule has 0 spiro atoms. The molecule has 18 heavy (non-hydrogen) atoms. The first-order valence-electron chi connectivity index (χ1n) is 6.01. The molecule has 0 radical (unpaired) electrons. The fourth-order valence-electron chi connectivity index (χ4n) is 1.40. The van der Waals surface area contributed by atoms with E-state index in [1.807, 2.05) is 13.8 Å². The third-order valence-corrected chi connectivity index (χ3v) is 4.15. The van der Waals surface area contributed by atoms with E-state index in [4.69, 9.17) is 9.47 Å². The highest BCUT2D eigenvalue weighted by Crippen LogP contribution is 2.11. The van der Waals surface area contributed by atoms with E-state index >= 15 is 0 Å². The van der Waals surface area contributed by atoms with Crippen molar-refractivity contribution in [2.45, 2.75) is 18.7 Å². The van der Waals surface area contributed by atoms with Crippen molar-refractivity contribution < 1.29 is 17.9 Å². The number of hydrogen-bond acceptors (Lipinski definition) is 4. The molecule has 1 aromatic rings. The molecular weight excluding hydrogens is 252 g/mol. The second-order valence-electron chi connectivity index (χ2n) is 3.94. The van der Waals surface area contributed by atoms with Crippen molar-refractivity contribution in [2.24, 2.45) is 0 Å². The van der Waals surface area contributed by atoms with Crippen LogP contribution in [0.1, 0.15) is 12.5 Å². The van der Waals surface area contributed by atoms with Gasteiger partial charge < -0.3 is 9.47 Å². The molecule has 0 aliphatic carbocycles. The van der Waals surface area contributed by atoms with Crippen LogP contribution in [-0.4, -0.2) is 40.6 Å². The Hall–Kier alpha value is -0.910. The maximum atomic E-state index is 11.9. The van der Waals surface area contributed by atoms with E-state index in [9.17, 15) is 8.42 Å². The molecule has 0 amide bonds. The van der Waals surface area contributed by atoms with Gasteiger partial charge in [0.05, 0.1) is 30.5 Å². The Balaban J connectivity index is 2.38. The monoisotopic (exact) mass is 272 g/mol. The molecule has 0 fully saturated rings. The van der Waals surface area contributed by atoms with Gasteiger partial charge in [0.25, 0.3) is 0 Å². The Kier molecular flexibility index (Phi) is 6.32. The average molecular weight is 272 g/mol. The van der Waals surface area contributed by atoms with E-state index in [0.717, 1.165) is 5.56 Å². The molecular formula is C13H20O4S. The van der Waals surface area contributed by atoms with E-state index in [2.05, 4.69) is 0 Å². The summed E-state index contributed by atoms with van der Waals surface area (Å²) in [4.78, 5) is 0.349. The highest BCUT2D eigenvalue weighted by atomic mass is 32.2. The van der Waals surface area contributed by atoms with E-state index in [1.54, 1.807) is 24.3 Å². The van der Waals surface area contributed by atoms with Crippen molar-refractivity contribution in [3.8, 4) is 0 Å². The fraction of sp³-hybridized carbons (Fsp3) is 0.538. The molecule has 102 valence electrons. The molecule has 4 nitrogen and oxygen atoms in total.